The molecule has 1 N–H and O–H groups in total. The van der Waals surface area contributed by atoms with Gasteiger partial charge in [-0.2, -0.15) is 0 Å². The minimum absolute atomic E-state index is 0.0370. The topological polar surface area (TPSA) is 32.3 Å². The lowest BCUT2D eigenvalue weighted by Crippen LogP contribution is -2.49. The Morgan fingerprint density at radius 1 is 1.10 bits per heavy atom. The Balaban J connectivity index is 1.35. The van der Waals surface area contributed by atoms with Crippen molar-refractivity contribution in [3.05, 3.63) is 69.7 Å². The SMILES string of the molecule is O=C([C@@H]1CNC[C@]12CCCc1ccc(Br)cc12)N1CCC(c2ccccc2)CC1. The molecule has 29 heavy (non-hydrogen) atoms. The van der Waals surface area contributed by atoms with Crippen molar-refractivity contribution in [2.45, 2.75) is 43.4 Å². The fourth-order valence-corrected chi connectivity index (χ4v) is 6.33. The molecule has 1 aliphatic carbocycles. The van der Waals surface area contributed by atoms with Crippen LogP contribution < -0.4 is 5.32 Å². The van der Waals surface area contributed by atoms with Crippen molar-refractivity contribution in [1.82, 2.24) is 10.2 Å². The minimum Gasteiger partial charge on any atom is -0.342 e. The van der Waals surface area contributed by atoms with E-state index in [-0.39, 0.29) is 11.3 Å². The maximum Gasteiger partial charge on any atom is 0.227 e. The third-order valence-electron chi connectivity index (χ3n) is 7.51. The van der Waals surface area contributed by atoms with E-state index in [4.69, 9.17) is 0 Å². The second-order valence-corrected chi connectivity index (χ2v) is 9.92. The van der Waals surface area contributed by atoms with Gasteiger partial charge in [-0.25, -0.2) is 0 Å². The fraction of sp³-hybridized carbons (Fsp3) is 0.480. The number of carbonyl (C=O) groups excluding carboxylic acids is 1. The van der Waals surface area contributed by atoms with Gasteiger partial charge < -0.3 is 10.2 Å². The molecule has 2 aromatic carbocycles. The van der Waals surface area contributed by atoms with Gasteiger partial charge in [0.15, 0.2) is 0 Å². The van der Waals surface area contributed by atoms with Crippen molar-refractivity contribution in [3.8, 4) is 0 Å². The zero-order chi connectivity index (χ0) is 19.8. The quantitative estimate of drug-likeness (QED) is 0.718. The van der Waals surface area contributed by atoms with Gasteiger partial charge in [-0.15, -0.1) is 0 Å². The van der Waals surface area contributed by atoms with E-state index in [2.05, 4.69) is 74.7 Å². The monoisotopic (exact) mass is 452 g/mol. The van der Waals surface area contributed by atoms with E-state index in [1.54, 1.807) is 0 Å². The van der Waals surface area contributed by atoms with Gasteiger partial charge in [0.05, 0.1) is 5.92 Å². The molecule has 5 rings (SSSR count). The van der Waals surface area contributed by atoms with Crippen molar-refractivity contribution in [1.29, 1.82) is 0 Å². The predicted octanol–water partition coefficient (Wildman–Crippen LogP) is 4.65. The number of nitrogens with one attached hydrogen (secondary N) is 1. The van der Waals surface area contributed by atoms with Crippen LogP contribution in [0.25, 0.3) is 0 Å². The van der Waals surface area contributed by atoms with Crippen LogP contribution in [0.2, 0.25) is 0 Å². The molecule has 2 saturated heterocycles. The molecular formula is C25H29BrN2O. The van der Waals surface area contributed by atoms with Crippen molar-refractivity contribution < 1.29 is 4.79 Å². The summed E-state index contributed by atoms with van der Waals surface area (Å²) in [5.41, 5.74) is 4.22. The third kappa shape index (κ3) is 3.44. The number of benzene rings is 2. The lowest BCUT2D eigenvalue weighted by atomic mass is 9.64. The molecule has 2 aliphatic heterocycles. The smallest absolute Gasteiger partial charge is 0.227 e. The van der Waals surface area contributed by atoms with Crippen LogP contribution in [0.4, 0.5) is 0 Å². The highest BCUT2D eigenvalue weighted by Gasteiger charge is 2.51. The van der Waals surface area contributed by atoms with Crippen LogP contribution in [-0.4, -0.2) is 37.0 Å². The molecule has 0 saturated carbocycles. The zero-order valence-electron chi connectivity index (χ0n) is 16.9. The van der Waals surface area contributed by atoms with Crippen LogP contribution in [0.5, 0.6) is 0 Å². The van der Waals surface area contributed by atoms with Gasteiger partial charge in [0.2, 0.25) is 5.91 Å². The molecule has 2 heterocycles. The van der Waals surface area contributed by atoms with E-state index < -0.39 is 0 Å². The summed E-state index contributed by atoms with van der Waals surface area (Å²) < 4.78 is 1.12. The number of aryl methyl sites for hydroxylation is 1. The molecule has 1 spiro atoms. The van der Waals surface area contributed by atoms with Crippen LogP contribution >= 0.6 is 15.9 Å². The van der Waals surface area contributed by atoms with Gasteiger partial charge in [0.25, 0.3) is 0 Å². The summed E-state index contributed by atoms with van der Waals surface area (Å²) >= 11 is 3.67. The zero-order valence-corrected chi connectivity index (χ0v) is 18.5. The van der Waals surface area contributed by atoms with E-state index in [1.165, 1.54) is 23.1 Å². The van der Waals surface area contributed by atoms with Crippen LogP contribution in [-0.2, 0) is 16.6 Å². The normalized spacial score (nSPS) is 27.2. The second-order valence-electron chi connectivity index (χ2n) is 9.00. The Kier molecular flexibility index (Phi) is 5.25. The molecule has 2 fully saturated rings. The summed E-state index contributed by atoms with van der Waals surface area (Å²) in [7, 11) is 0. The highest BCUT2D eigenvalue weighted by atomic mass is 79.9. The molecule has 1 amide bonds. The first kappa shape index (κ1) is 19.3. The summed E-state index contributed by atoms with van der Waals surface area (Å²) in [6.45, 7) is 3.50. The van der Waals surface area contributed by atoms with E-state index >= 15 is 0 Å². The van der Waals surface area contributed by atoms with E-state index in [0.717, 1.165) is 56.3 Å². The Labute approximate surface area is 182 Å². The number of carbonyl (C=O) groups is 1. The van der Waals surface area contributed by atoms with Gasteiger partial charge in [-0.1, -0.05) is 52.3 Å². The highest BCUT2D eigenvalue weighted by Crippen LogP contribution is 2.46. The van der Waals surface area contributed by atoms with E-state index in [0.29, 0.717) is 11.8 Å². The van der Waals surface area contributed by atoms with Crippen LogP contribution in [0, 0.1) is 5.92 Å². The number of amides is 1. The number of rotatable bonds is 2. The number of hydrogen-bond donors (Lipinski definition) is 1. The number of hydrogen-bond acceptors (Lipinski definition) is 2. The summed E-state index contributed by atoms with van der Waals surface area (Å²) in [5.74, 6) is 1.01. The average Bonchev–Trinajstić information content (AvgIpc) is 3.19. The Morgan fingerprint density at radius 3 is 2.69 bits per heavy atom. The van der Waals surface area contributed by atoms with Crippen molar-refractivity contribution in [3.63, 3.8) is 0 Å². The average molecular weight is 453 g/mol. The first-order valence-electron chi connectivity index (χ1n) is 11.0. The van der Waals surface area contributed by atoms with Gasteiger partial charge in [0, 0.05) is 36.1 Å². The number of fused-ring (bicyclic) bond motifs is 2. The third-order valence-corrected chi connectivity index (χ3v) is 8.00. The number of halogens is 1. The Hall–Kier alpha value is -1.65. The predicted molar refractivity (Wildman–Crippen MR) is 120 cm³/mol. The maximum atomic E-state index is 13.7. The number of nitrogens with zero attached hydrogens (tertiary/aromatic N) is 1. The van der Waals surface area contributed by atoms with Crippen molar-refractivity contribution in [2.24, 2.45) is 5.92 Å². The van der Waals surface area contributed by atoms with Crippen LogP contribution in [0.3, 0.4) is 0 Å². The molecule has 0 aromatic heterocycles. The first-order chi connectivity index (χ1) is 14.2. The molecule has 3 nitrogen and oxygen atoms in total. The lowest BCUT2D eigenvalue weighted by Gasteiger charge is -2.42. The summed E-state index contributed by atoms with van der Waals surface area (Å²) in [5, 5.41) is 3.59. The Bertz CT molecular complexity index is 891. The lowest BCUT2D eigenvalue weighted by molar-refractivity contribution is -0.138. The number of piperidine rings is 1. The van der Waals surface area contributed by atoms with Gasteiger partial charge in [-0.05, 0) is 66.8 Å². The van der Waals surface area contributed by atoms with Crippen LogP contribution in [0.1, 0.15) is 48.3 Å². The van der Waals surface area contributed by atoms with Gasteiger partial charge in [-0.3, -0.25) is 4.79 Å². The highest BCUT2D eigenvalue weighted by molar-refractivity contribution is 9.10. The maximum absolute atomic E-state index is 13.7. The molecule has 0 bridgehead atoms. The molecule has 2 atom stereocenters. The fourth-order valence-electron chi connectivity index (χ4n) is 5.97. The molecule has 0 unspecified atom stereocenters. The molecule has 152 valence electrons. The standard InChI is InChI=1S/C25H29BrN2O/c26-21-9-8-20-7-4-12-25(22(20)15-21)17-27-16-23(25)24(29)28-13-10-19(11-14-28)18-5-2-1-3-6-18/h1-3,5-6,8-9,15,19,23,27H,4,7,10-14,16-17H2/t23-,25-/m0/s1. The first-order valence-corrected chi connectivity index (χ1v) is 11.8. The summed E-state index contributed by atoms with van der Waals surface area (Å²) in [6, 6.07) is 17.5. The Morgan fingerprint density at radius 2 is 1.90 bits per heavy atom. The molecule has 2 aromatic rings. The number of likely N-dealkylation sites (tertiary alicyclic amines) is 1. The molecule has 4 heteroatoms. The molecule has 3 aliphatic rings. The molecular weight excluding hydrogens is 424 g/mol. The van der Waals surface area contributed by atoms with Gasteiger partial charge >= 0.3 is 0 Å². The van der Waals surface area contributed by atoms with Crippen molar-refractivity contribution >= 4 is 21.8 Å². The van der Waals surface area contributed by atoms with E-state index in [9.17, 15) is 4.79 Å². The minimum atomic E-state index is -0.0370. The summed E-state index contributed by atoms with van der Waals surface area (Å²) in [4.78, 5) is 15.8. The largest absolute Gasteiger partial charge is 0.342 e. The summed E-state index contributed by atoms with van der Waals surface area (Å²) in [6.07, 6.45) is 5.57. The second kappa shape index (κ2) is 7.88. The van der Waals surface area contributed by atoms with E-state index in [1.807, 2.05) is 0 Å². The van der Waals surface area contributed by atoms with Gasteiger partial charge in [0.1, 0.15) is 0 Å². The van der Waals surface area contributed by atoms with Crippen molar-refractivity contribution in [2.75, 3.05) is 26.2 Å². The van der Waals surface area contributed by atoms with Crippen LogP contribution in [0.15, 0.2) is 53.0 Å². The molecule has 0 radical (unpaired) electrons.